The molecule has 4 nitrogen and oxygen atoms in total. The van der Waals surface area contributed by atoms with Crippen LogP contribution in [0.5, 0.6) is 0 Å². The highest BCUT2D eigenvalue weighted by molar-refractivity contribution is 8.00. The lowest BCUT2D eigenvalue weighted by atomic mass is 10.2. The number of thioether (sulfide) groups is 1. The zero-order chi connectivity index (χ0) is 16.9. The Morgan fingerprint density at radius 1 is 1.33 bits per heavy atom. The molecule has 0 fully saturated rings. The van der Waals surface area contributed by atoms with Gasteiger partial charge < -0.3 is 10.3 Å². The maximum absolute atomic E-state index is 12.1. The summed E-state index contributed by atoms with van der Waals surface area (Å²) in [5, 5.41) is 2.96. The van der Waals surface area contributed by atoms with Gasteiger partial charge in [0.1, 0.15) is 5.82 Å². The van der Waals surface area contributed by atoms with Crippen LogP contribution in [-0.2, 0) is 4.79 Å². The summed E-state index contributed by atoms with van der Waals surface area (Å²) in [7, 11) is 0. The van der Waals surface area contributed by atoms with Gasteiger partial charge in [0.15, 0.2) is 0 Å². The number of aromatic amines is 1. The molecule has 0 spiro atoms. The number of hydrogen-bond donors (Lipinski definition) is 2. The summed E-state index contributed by atoms with van der Waals surface area (Å²) in [6, 6.07) is 15.2. The Kier molecular flexibility index (Phi) is 4.88. The van der Waals surface area contributed by atoms with Crippen LogP contribution in [0.25, 0.3) is 11.0 Å². The standard InChI is InChI=1S/C19H17N3OS/c1-3-14-7-6-8-15(11-14)20-18(23)12-24-13(2)19-21-16-9-4-5-10-17(16)22-19/h1,4-11,13H,12H2,2H3,(H,20,23)(H,21,22)/t13-/m1/s1. The van der Waals surface area contributed by atoms with Crippen molar-refractivity contribution in [1.82, 2.24) is 9.97 Å². The van der Waals surface area contributed by atoms with Crippen molar-refractivity contribution in [2.45, 2.75) is 12.2 Å². The van der Waals surface area contributed by atoms with Gasteiger partial charge in [0.05, 0.1) is 22.0 Å². The Morgan fingerprint density at radius 3 is 2.96 bits per heavy atom. The van der Waals surface area contributed by atoms with Crippen LogP contribution < -0.4 is 5.32 Å². The van der Waals surface area contributed by atoms with Crippen molar-refractivity contribution < 1.29 is 4.79 Å². The largest absolute Gasteiger partial charge is 0.341 e. The van der Waals surface area contributed by atoms with Gasteiger partial charge in [0, 0.05) is 11.3 Å². The maximum atomic E-state index is 12.1. The average Bonchev–Trinajstić information content (AvgIpc) is 3.04. The number of para-hydroxylation sites is 2. The second kappa shape index (κ2) is 7.24. The van der Waals surface area contributed by atoms with E-state index < -0.39 is 0 Å². The predicted octanol–water partition coefficient (Wildman–Crippen LogP) is 3.98. The highest BCUT2D eigenvalue weighted by Gasteiger charge is 2.13. The molecule has 24 heavy (non-hydrogen) atoms. The number of aromatic nitrogens is 2. The van der Waals surface area contributed by atoms with E-state index in [4.69, 9.17) is 6.42 Å². The number of H-pyrrole nitrogens is 1. The van der Waals surface area contributed by atoms with Crippen molar-refractivity contribution in [2.24, 2.45) is 0 Å². The van der Waals surface area contributed by atoms with E-state index >= 15 is 0 Å². The molecule has 0 bridgehead atoms. The van der Waals surface area contributed by atoms with Gasteiger partial charge in [0.2, 0.25) is 5.91 Å². The quantitative estimate of drug-likeness (QED) is 0.694. The molecule has 1 aromatic heterocycles. The Hall–Kier alpha value is -2.71. The molecule has 1 heterocycles. The van der Waals surface area contributed by atoms with Crippen molar-refractivity contribution >= 4 is 34.4 Å². The summed E-state index contributed by atoms with van der Waals surface area (Å²) in [5.74, 6) is 3.72. The summed E-state index contributed by atoms with van der Waals surface area (Å²) < 4.78 is 0. The molecule has 3 aromatic rings. The second-order valence-electron chi connectivity index (χ2n) is 5.37. The molecule has 1 atom stereocenters. The number of nitrogens with zero attached hydrogens (tertiary/aromatic N) is 1. The third-order valence-corrected chi connectivity index (χ3v) is 4.72. The summed E-state index contributed by atoms with van der Waals surface area (Å²) in [5.41, 5.74) is 3.41. The molecular weight excluding hydrogens is 318 g/mol. The molecular formula is C19H17N3OS. The van der Waals surface area contributed by atoms with E-state index in [2.05, 4.69) is 21.2 Å². The summed E-state index contributed by atoms with van der Waals surface area (Å²) in [6.07, 6.45) is 5.37. The van der Waals surface area contributed by atoms with Gasteiger partial charge in [-0.3, -0.25) is 4.79 Å². The molecule has 1 amide bonds. The number of fused-ring (bicyclic) bond motifs is 1. The van der Waals surface area contributed by atoms with Crippen LogP contribution in [0.2, 0.25) is 0 Å². The monoisotopic (exact) mass is 335 g/mol. The Bertz CT molecular complexity index is 877. The smallest absolute Gasteiger partial charge is 0.234 e. The number of imidazole rings is 1. The molecule has 0 aliphatic rings. The first-order valence-electron chi connectivity index (χ1n) is 7.58. The molecule has 0 saturated heterocycles. The van der Waals surface area contributed by atoms with E-state index in [0.29, 0.717) is 11.4 Å². The molecule has 0 unspecified atom stereocenters. The van der Waals surface area contributed by atoms with E-state index in [1.54, 1.807) is 6.07 Å². The fourth-order valence-corrected chi connectivity index (χ4v) is 3.07. The van der Waals surface area contributed by atoms with Crippen LogP contribution in [0.1, 0.15) is 23.6 Å². The van der Waals surface area contributed by atoms with Crippen LogP contribution in [-0.4, -0.2) is 21.6 Å². The van der Waals surface area contributed by atoms with Crippen molar-refractivity contribution in [3.63, 3.8) is 0 Å². The fourth-order valence-electron chi connectivity index (χ4n) is 2.33. The highest BCUT2D eigenvalue weighted by atomic mass is 32.2. The van der Waals surface area contributed by atoms with Gasteiger partial charge >= 0.3 is 0 Å². The van der Waals surface area contributed by atoms with Crippen LogP contribution in [0, 0.1) is 12.3 Å². The number of hydrogen-bond acceptors (Lipinski definition) is 3. The van der Waals surface area contributed by atoms with Gasteiger partial charge in [-0.15, -0.1) is 18.2 Å². The number of terminal acetylenes is 1. The molecule has 2 N–H and O–H groups in total. The number of nitrogens with one attached hydrogen (secondary N) is 2. The molecule has 0 saturated carbocycles. The Labute approximate surface area is 145 Å². The van der Waals surface area contributed by atoms with Crippen molar-refractivity contribution in [3.8, 4) is 12.3 Å². The average molecular weight is 335 g/mol. The molecule has 0 aliphatic heterocycles. The first-order valence-corrected chi connectivity index (χ1v) is 8.63. The van der Waals surface area contributed by atoms with E-state index in [9.17, 15) is 4.79 Å². The molecule has 3 rings (SSSR count). The lowest BCUT2D eigenvalue weighted by Gasteiger charge is -2.09. The van der Waals surface area contributed by atoms with Crippen molar-refractivity contribution in [1.29, 1.82) is 0 Å². The van der Waals surface area contributed by atoms with Crippen LogP contribution in [0.3, 0.4) is 0 Å². The van der Waals surface area contributed by atoms with Gasteiger partial charge in [-0.1, -0.05) is 24.1 Å². The minimum absolute atomic E-state index is 0.0582. The lowest BCUT2D eigenvalue weighted by Crippen LogP contribution is -2.14. The summed E-state index contributed by atoms with van der Waals surface area (Å²) in [6.45, 7) is 2.04. The predicted molar refractivity (Wildman–Crippen MR) is 100.0 cm³/mol. The summed E-state index contributed by atoms with van der Waals surface area (Å²) in [4.78, 5) is 20.0. The first-order chi connectivity index (χ1) is 11.7. The zero-order valence-corrected chi connectivity index (χ0v) is 14.1. The zero-order valence-electron chi connectivity index (χ0n) is 13.2. The van der Waals surface area contributed by atoms with Crippen LogP contribution >= 0.6 is 11.8 Å². The lowest BCUT2D eigenvalue weighted by molar-refractivity contribution is -0.113. The van der Waals surface area contributed by atoms with E-state index in [0.717, 1.165) is 22.4 Å². The highest BCUT2D eigenvalue weighted by Crippen LogP contribution is 2.27. The maximum Gasteiger partial charge on any atom is 0.234 e. The third-order valence-electron chi connectivity index (χ3n) is 3.57. The molecule has 2 aromatic carbocycles. The first kappa shape index (κ1) is 16.2. The van der Waals surface area contributed by atoms with Gasteiger partial charge in [0.25, 0.3) is 0 Å². The second-order valence-corrected chi connectivity index (χ2v) is 6.69. The van der Waals surface area contributed by atoms with E-state index in [1.165, 1.54) is 11.8 Å². The molecule has 0 aliphatic carbocycles. The minimum atomic E-state index is -0.0582. The van der Waals surface area contributed by atoms with E-state index in [1.807, 2.05) is 49.4 Å². The number of anilines is 1. The topological polar surface area (TPSA) is 57.8 Å². The minimum Gasteiger partial charge on any atom is -0.341 e. The van der Waals surface area contributed by atoms with E-state index in [-0.39, 0.29) is 11.2 Å². The Morgan fingerprint density at radius 2 is 2.17 bits per heavy atom. The number of carbonyl (C=O) groups excluding carboxylic acids is 1. The number of carbonyl (C=O) groups is 1. The Balaban J connectivity index is 1.58. The third kappa shape index (κ3) is 3.79. The fraction of sp³-hybridized carbons (Fsp3) is 0.158. The SMILES string of the molecule is C#Cc1cccc(NC(=O)CS[C@H](C)c2nc3ccccc3[nH]2)c1. The summed E-state index contributed by atoms with van der Waals surface area (Å²) >= 11 is 1.54. The number of rotatable bonds is 5. The van der Waals surface area contributed by atoms with Gasteiger partial charge in [-0.05, 0) is 37.3 Å². The van der Waals surface area contributed by atoms with Crippen LogP contribution in [0.4, 0.5) is 5.69 Å². The molecule has 120 valence electrons. The normalized spacial score (nSPS) is 11.8. The number of benzene rings is 2. The van der Waals surface area contributed by atoms with Crippen LogP contribution in [0.15, 0.2) is 48.5 Å². The number of amides is 1. The van der Waals surface area contributed by atoms with Crippen molar-refractivity contribution in [3.05, 3.63) is 59.9 Å². The van der Waals surface area contributed by atoms with Gasteiger partial charge in [-0.25, -0.2) is 4.98 Å². The molecule has 5 heteroatoms. The van der Waals surface area contributed by atoms with Gasteiger partial charge in [-0.2, -0.15) is 0 Å². The van der Waals surface area contributed by atoms with Crippen molar-refractivity contribution in [2.75, 3.05) is 11.1 Å². The molecule has 0 radical (unpaired) electrons.